The molecule has 0 saturated carbocycles. The van der Waals surface area contributed by atoms with Crippen LogP contribution in [0.15, 0.2) is 0 Å². The van der Waals surface area contributed by atoms with Gasteiger partial charge in [-0.1, -0.05) is 20.8 Å². The number of hydrogen-bond acceptors (Lipinski definition) is 8. The van der Waals surface area contributed by atoms with Crippen molar-refractivity contribution in [3.8, 4) is 0 Å². The van der Waals surface area contributed by atoms with Crippen LogP contribution in [0.25, 0.3) is 0 Å². The van der Waals surface area contributed by atoms with Gasteiger partial charge in [0.15, 0.2) is 0 Å². The highest BCUT2D eigenvalue weighted by molar-refractivity contribution is 6.60. The average Bonchev–Trinajstić information content (AvgIpc) is 2.36. The predicted octanol–water partition coefficient (Wildman–Crippen LogP) is 0.845. The second-order valence-corrected chi connectivity index (χ2v) is 5.39. The topological polar surface area (TPSA) is 105 Å². The molecule has 0 N–H and O–H groups in total. The zero-order valence-electron chi connectivity index (χ0n) is 11.9. The molecule has 0 saturated heterocycles. The molecule has 0 radical (unpaired) electrons. The Morgan fingerprint density at radius 1 is 0.700 bits per heavy atom. The maximum atomic E-state index is 11.4. The summed E-state index contributed by atoms with van der Waals surface area (Å²) in [6, 6.07) is 0. The third-order valence-electron chi connectivity index (χ3n) is 1.85. The molecule has 8 nitrogen and oxygen atoms in total. The van der Waals surface area contributed by atoms with E-state index < -0.39 is 32.9 Å². The molecular formula is C11H18O8Si. The van der Waals surface area contributed by atoms with Crippen LogP contribution in [0.4, 0.5) is 0 Å². The van der Waals surface area contributed by atoms with Crippen LogP contribution in [0.2, 0.25) is 0 Å². The van der Waals surface area contributed by atoms with Gasteiger partial charge in [-0.2, -0.15) is 0 Å². The Balaban J connectivity index is 5.35. The molecule has 0 heterocycles. The Hall–Kier alpha value is -1.90. The molecule has 0 aliphatic carbocycles. The van der Waals surface area contributed by atoms with Crippen molar-refractivity contribution in [1.29, 1.82) is 0 Å². The molecular weight excluding hydrogens is 288 g/mol. The highest BCUT2D eigenvalue weighted by Crippen LogP contribution is 2.16. The summed E-state index contributed by atoms with van der Waals surface area (Å²) in [5, 5.41) is 0. The second kappa shape index (κ2) is 8.30. The van der Waals surface area contributed by atoms with Gasteiger partial charge in [-0.05, 0) is 0 Å². The Labute approximate surface area is 117 Å². The third-order valence-corrected chi connectivity index (χ3v) is 3.82. The van der Waals surface area contributed by atoms with Gasteiger partial charge in [0.2, 0.25) is 0 Å². The van der Waals surface area contributed by atoms with Crippen molar-refractivity contribution in [3.63, 3.8) is 0 Å². The Bertz CT molecular complexity index is 346. The molecule has 0 spiro atoms. The molecule has 0 aromatic carbocycles. The number of carbonyl (C=O) groups is 4. The predicted molar refractivity (Wildman–Crippen MR) is 66.7 cm³/mol. The summed E-state index contributed by atoms with van der Waals surface area (Å²) in [5.41, 5.74) is 0. The summed E-state index contributed by atoms with van der Waals surface area (Å²) < 4.78 is 19.2. The quantitative estimate of drug-likeness (QED) is 0.637. The van der Waals surface area contributed by atoms with Gasteiger partial charge in [0.05, 0.1) is 0 Å². The van der Waals surface area contributed by atoms with E-state index in [4.69, 9.17) is 17.7 Å². The van der Waals surface area contributed by atoms with Gasteiger partial charge in [0, 0.05) is 26.2 Å². The molecule has 0 atom stereocenters. The number of rotatable bonds is 7. The van der Waals surface area contributed by atoms with E-state index in [1.807, 2.05) is 0 Å². The molecule has 0 bridgehead atoms. The normalized spacial score (nSPS) is 10.4. The summed E-state index contributed by atoms with van der Waals surface area (Å²) in [6.07, 6.45) is -0.198. The van der Waals surface area contributed by atoms with Gasteiger partial charge in [-0.25, -0.2) is 0 Å². The molecule has 0 aromatic heterocycles. The molecule has 0 aromatic rings. The Morgan fingerprint density at radius 2 is 1.00 bits per heavy atom. The van der Waals surface area contributed by atoms with Crippen molar-refractivity contribution in [2.24, 2.45) is 0 Å². The van der Waals surface area contributed by atoms with Gasteiger partial charge in [0.25, 0.3) is 23.9 Å². The Morgan fingerprint density at radius 3 is 1.20 bits per heavy atom. The van der Waals surface area contributed by atoms with Crippen LogP contribution >= 0.6 is 0 Å². The standard InChI is InChI=1S/C11H18O8Si/c1-5-9(13)17-20(16-8(4)12,18-10(14)6-2)19-11(15)7-3/h5-7H2,1-4H3. The summed E-state index contributed by atoms with van der Waals surface area (Å²) >= 11 is 0. The van der Waals surface area contributed by atoms with E-state index >= 15 is 0 Å². The minimum atomic E-state index is -4.51. The van der Waals surface area contributed by atoms with E-state index in [-0.39, 0.29) is 19.3 Å². The fraction of sp³-hybridized carbons (Fsp3) is 0.636. The van der Waals surface area contributed by atoms with Gasteiger partial charge in [-0.3, -0.25) is 19.2 Å². The van der Waals surface area contributed by atoms with Crippen molar-refractivity contribution >= 4 is 32.9 Å². The summed E-state index contributed by atoms with van der Waals surface area (Å²) in [4.78, 5) is 45.3. The highest BCUT2D eigenvalue weighted by atomic mass is 28.4. The van der Waals surface area contributed by atoms with E-state index in [1.165, 1.54) is 20.8 Å². The van der Waals surface area contributed by atoms with Crippen molar-refractivity contribution in [2.45, 2.75) is 47.0 Å². The molecule has 0 aliphatic rings. The van der Waals surface area contributed by atoms with Crippen molar-refractivity contribution in [3.05, 3.63) is 0 Å². The van der Waals surface area contributed by atoms with Crippen LogP contribution in [0.1, 0.15) is 47.0 Å². The molecule has 9 heteroatoms. The second-order valence-electron chi connectivity index (χ2n) is 3.58. The summed E-state index contributed by atoms with van der Waals surface area (Å²) in [7, 11) is -4.51. The van der Waals surface area contributed by atoms with Crippen LogP contribution in [0.3, 0.4) is 0 Å². The SMILES string of the molecule is CCC(=O)O[Si](OC(C)=O)(OC(=O)CC)OC(=O)CC. The third kappa shape index (κ3) is 6.32. The van der Waals surface area contributed by atoms with Gasteiger partial charge < -0.3 is 17.7 Å². The van der Waals surface area contributed by atoms with E-state index in [0.717, 1.165) is 6.92 Å². The van der Waals surface area contributed by atoms with Gasteiger partial charge >= 0.3 is 9.05 Å². The summed E-state index contributed by atoms with van der Waals surface area (Å²) in [6.45, 7) is 5.47. The Kier molecular flexibility index (Phi) is 7.51. The van der Waals surface area contributed by atoms with E-state index in [2.05, 4.69) is 0 Å². The number of hydrogen-bond donors (Lipinski definition) is 0. The fourth-order valence-electron chi connectivity index (χ4n) is 0.936. The monoisotopic (exact) mass is 306 g/mol. The molecule has 0 fully saturated rings. The first-order valence-corrected chi connectivity index (χ1v) is 7.76. The van der Waals surface area contributed by atoms with Crippen LogP contribution in [0, 0.1) is 0 Å². The molecule has 20 heavy (non-hydrogen) atoms. The first-order valence-electron chi connectivity index (χ1n) is 6.13. The summed E-state index contributed by atoms with van der Waals surface area (Å²) in [5.74, 6) is -3.34. The zero-order chi connectivity index (χ0) is 15.8. The molecule has 0 amide bonds. The minimum absolute atomic E-state index is 0.0661. The van der Waals surface area contributed by atoms with Crippen LogP contribution in [-0.4, -0.2) is 32.9 Å². The number of carbonyl (C=O) groups excluding carboxylic acids is 4. The smallest absolute Gasteiger partial charge is 0.423 e. The van der Waals surface area contributed by atoms with E-state index in [9.17, 15) is 19.2 Å². The van der Waals surface area contributed by atoms with Gasteiger partial charge in [0.1, 0.15) is 0 Å². The maximum absolute atomic E-state index is 11.4. The lowest BCUT2D eigenvalue weighted by atomic mass is 10.5. The molecule has 0 rings (SSSR count). The van der Waals surface area contributed by atoms with Crippen LogP contribution in [-0.2, 0) is 36.9 Å². The van der Waals surface area contributed by atoms with E-state index in [1.54, 1.807) is 0 Å². The molecule has 0 aliphatic heterocycles. The fourth-order valence-corrected chi connectivity index (χ4v) is 2.81. The average molecular weight is 306 g/mol. The maximum Gasteiger partial charge on any atom is 0.974 e. The molecule has 0 unspecified atom stereocenters. The van der Waals surface area contributed by atoms with Crippen molar-refractivity contribution < 1.29 is 36.9 Å². The first-order chi connectivity index (χ1) is 9.28. The minimum Gasteiger partial charge on any atom is -0.423 e. The molecule has 114 valence electrons. The highest BCUT2D eigenvalue weighted by Gasteiger charge is 2.62. The lowest BCUT2D eigenvalue weighted by molar-refractivity contribution is -0.162. The van der Waals surface area contributed by atoms with Crippen LogP contribution in [0.5, 0.6) is 0 Å². The van der Waals surface area contributed by atoms with Crippen molar-refractivity contribution in [2.75, 3.05) is 0 Å². The van der Waals surface area contributed by atoms with Crippen LogP contribution < -0.4 is 0 Å². The lowest BCUT2D eigenvalue weighted by Gasteiger charge is -2.24. The van der Waals surface area contributed by atoms with Crippen molar-refractivity contribution in [1.82, 2.24) is 0 Å². The van der Waals surface area contributed by atoms with Gasteiger partial charge in [-0.15, -0.1) is 0 Å². The van der Waals surface area contributed by atoms with E-state index in [0.29, 0.717) is 0 Å². The zero-order valence-corrected chi connectivity index (χ0v) is 12.9. The first kappa shape index (κ1) is 18.1. The lowest BCUT2D eigenvalue weighted by Crippen LogP contribution is -2.54. The largest absolute Gasteiger partial charge is 0.974 e.